The van der Waals surface area contributed by atoms with Crippen LogP contribution in [0.3, 0.4) is 0 Å². The highest BCUT2D eigenvalue weighted by molar-refractivity contribution is 7.99. The van der Waals surface area contributed by atoms with Crippen LogP contribution in [0.5, 0.6) is 0 Å². The third-order valence-corrected chi connectivity index (χ3v) is 4.69. The van der Waals surface area contributed by atoms with E-state index in [1.54, 1.807) is 11.8 Å². The summed E-state index contributed by atoms with van der Waals surface area (Å²) in [5, 5.41) is 0.741. The molecule has 0 radical (unpaired) electrons. The van der Waals surface area contributed by atoms with Crippen LogP contribution in [-0.2, 0) is 0 Å². The Morgan fingerprint density at radius 3 is 2.73 bits per heavy atom. The third-order valence-electron chi connectivity index (χ3n) is 3.29. The Hall–Kier alpha value is -1.66. The van der Waals surface area contributed by atoms with Gasteiger partial charge in [0.05, 0.1) is 6.54 Å². The van der Waals surface area contributed by atoms with Gasteiger partial charge in [-0.05, 0) is 50.0 Å². The smallest absolute Gasteiger partial charge is 0.0600 e. The van der Waals surface area contributed by atoms with Gasteiger partial charge < -0.3 is 0 Å². The van der Waals surface area contributed by atoms with Crippen LogP contribution in [0.4, 0.5) is 0 Å². The molecule has 2 aromatic carbocycles. The largest absolute Gasteiger partial charge is 0.299 e. The van der Waals surface area contributed by atoms with Gasteiger partial charge in [0.15, 0.2) is 0 Å². The molecule has 3 rings (SSSR count). The molecule has 0 fully saturated rings. The van der Waals surface area contributed by atoms with E-state index in [4.69, 9.17) is 11.6 Å². The van der Waals surface area contributed by atoms with E-state index in [1.807, 2.05) is 26.2 Å². The Kier molecular flexibility index (Phi) is 4.59. The van der Waals surface area contributed by atoms with Gasteiger partial charge >= 0.3 is 0 Å². The van der Waals surface area contributed by atoms with Crippen molar-refractivity contribution in [3.8, 4) is 11.8 Å². The molecule has 0 atom stereocenters. The maximum Gasteiger partial charge on any atom is 0.0600 e. The van der Waals surface area contributed by atoms with Crippen molar-refractivity contribution >= 4 is 35.0 Å². The number of hydrogen-bond donors (Lipinski definition) is 0. The van der Waals surface area contributed by atoms with Gasteiger partial charge in [0.2, 0.25) is 0 Å². The standard InChI is InChI=1S/C19H16ClNS/c1-21(2)11-5-7-14-12-15-6-3-4-8-18(15)22-19-10-9-16(20)13-17(14)19/h3-4,6,8-10,12-13H,11H2,1-2H3. The molecular weight excluding hydrogens is 310 g/mol. The average molecular weight is 326 g/mol. The highest BCUT2D eigenvalue weighted by Gasteiger charge is 2.15. The van der Waals surface area contributed by atoms with Crippen LogP contribution >= 0.6 is 23.4 Å². The minimum Gasteiger partial charge on any atom is -0.299 e. The fourth-order valence-corrected chi connectivity index (χ4v) is 3.46. The van der Waals surface area contributed by atoms with Crippen LogP contribution in [0.25, 0.3) is 11.6 Å². The molecule has 22 heavy (non-hydrogen) atoms. The van der Waals surface area contributed by atoms with Crippen molar-refractivity contribution in [2.45, 2.75) is 9.79 Å². The highest BCUT2D eigenvalue weighted by atomic mass is 35.5. The van der Waals surface area contributed by atoms with Crippen molar-refractivity contribution < 1.29 is 0 Å². The highest BCUT2D eigenvalue weighted by Crippen LogP contribution is 2.41. The summed E-state index contributed by atoms with van der Waals surface area (Å²) in [6.07, 6.45) is 2.16. The quantitative estimate of drug-likeness (QED) is 0.685. The lowest BCUT2D eigenvalue weighted by Gasteiger charge is -2.07. The lowest BCUT2D eigenvalue weighted by Crippen LogP contribution is -2.10. The van der Waals surface area contributed by atoms with Crippen LogP contribution < -0.4 is 0 Å². The second-order valence-electron chi connectivity index (χ2n) is 5.38. The maximum atomic E-state index is 6.20. The summed E-state index contributed by atoms with van der Waals surface area (Å²) in [7, 11) is 4.04. The second kappa shape index (κ2) is 6.62. The van der Waals surface area contributed by atoms with Gasteiger partial charge in [-0.3, -0.25) is 4.90 Å². The predicted octanol–water partition coefficient (Wildman–Crippen LogP) is 4.91. The van der Waals surface area contributed by atoms with Gasteiger partial charge in [-0.1, -0.05) is 53.4 Å². The first-order valence-electron chi connectivity index (χ1n) is 7.05. The minimum absolute atomic E-state index is 0.738. The second-order valence-corrected chi connectivity index (χ2v) is 6.90. The zero-order valence-corrected chi connectivity index (χ0v) is 14.1. The first-order chi connectivity index (χ1) is 10.6. The number of halogens is 1. The molecule has 1 aliphatic heterocycles. The van der Waals surface area contributed by atoms with Crippen LogP contribution in [0, 0.1) is 11.8 Å². The SMILES string of the molecule is CN(C)CC#CC1=Cc2ccccc2Sc2ccc(Cl)cc21. The molecule has 1 nitrogen and oxygen atoms in total. The fraction of sp³-hybridized carbons (Fsp3) is 0.158. The van der Waals surface area contributed by atoms with Crippen molar-refractivity contribution in [1.29, 1.82) is 0 Å². The lowest BCUT2D eigenvalue weighted by atomic mass is 10.0. The van der Waals surface area contributed by atoms with Gasteiger partial charge in [0, 0.05) is 26.0 Å². The van der Waals surface area contributed by atoms with E-state index in [1.165, 1.54) is 15.4 Å². The van der Waals surface area contributed by atoms with Gasteiger partial charge in [-0.2, -0.15) is 0 Å². The number of allylic oxidation sites excluding steroid dienone is 1. The van der Waals surface area contributed by atoms with Crippen LogP contribution in [-0.4, -0.2) is 25.5 Å². The van der Waals surface area contributed by atoms with Crippen LogP contribution in [0.15, 0.2) is 52.3 Å². The van der Waals surface area contributed by atoms with Gasteiger partial charge in [0.1, 0.15) is 0 Å². The average Bonchev–Trinajstić information content (AvgIpc) is 2.64. The van der Waals surface area contributed by atoms with Crippen molar-refractivity contribution in [3.63, 3.8) is 0 Å². The molecule has 0 saturated heterocycles. The van der Waals surface area contributed by atoms with Crippen molar-refractivity contribution in [1.82, 2.24) is 4.90 Å². The maximum absolute atomic E-state index is 6.20. The number of benzene rings is 2. The lowest BCUT2D eigenvalue weighted by molar-refractivity contribution is 0.464. The fourth-order valence-electron chi connectivity index (χ4n) is 2.24. The molecule has 1 aliphatic rings. The van der Waals surface area contributed by atoms with Crippen molar-refractivity contribution in [2.75, 3.05) is 20.6 Å². The van der Waals surface area contributed by atoms with E-state index < -0.39 is 0 Å². The molecule has 2 aromatic rings. The normalized spacial score (nSPS) is 12.6. The molecule has 1 heterocycles. The summed E-state index contributed by atoms with van der Waals surface area (Å²) in [6.45, 7) is 0.738. The molecule has 0 bridgehead atoms. The van der Waals surface area contributed by atoms with E-state index in [0.29, 0.717) is 0 Å². The summed E-state index contributed by atoms with van der Waals surface area (Å²) in [4.78, 5) is 4.50. The van der Waals surface area contributed by atoms with Crippen LogP contribution in [0.2, 0.25) is 5.02 Å². The summed E-state index contributed by atoms with van der Waals surface area (Å²) in [5.41, 5.74) is 3.34. The molecule has 0 aliphatic carbocycles. The summed E-state index contributed by atoms with van der Waals surface area (Å²) in [6, 6.07) is 14.4. The molecule has 0 N–H and O–H groups in total. The van der Waals surface area contributed by atoms with E-state index in [9.17, 15) is 0 Å². The van der Waals surface area contributed by atoms with Crippen LogP contribution in [0.1, 0.15) is 11.1 Å². The Bertz CT molecular complexity index is 797. The van der Waals surface area contributed by atoms with Gasteiger partial charge in [0.25, 0.3) is 0 Å². The van der Waals surface area contributed by atoms with Gasteiger partial charge in [-0.15, -0.1) is 0 Å². The molecule has 0 aromatic heterocycles. The van der Waals surface area contributed by atoms with Crippen molar-refractivity contribution in [2.24, 2.45) is 0 Å². The summed E-state index contributed by atoms with van der Waals surface area (Å²) < 4.78 is 0. The van der Waals surface area contributed by atoms with E-state index in [-0.39, 0.29) is 0 Å². The first kappa shape index (κ1) is 15.2. The van der Waals surface area contributed by atoms with Crippen molar-refractivity contribution in [3.05, 3.63) is 58.6 Å². The first-order valence-corrected chi connectivity index (χ1v) is 8.25. The minimum atomic E-state index is 0.738. The topological polar surface area (TPSA) is 3.24 Å². The zero-order chi connectivity index (χ0) is 15.5. The number of fused-ring (bicyclic) bond motifs is 2. The Balaban J connectivity index is 2.13. The number of nitrogens with zero attached hydrogens (tertiary/aromatic N) is 1. The molecule has 0 amide bonds. The predicted molar refractivity (Wildman–Crippen MR) is 96.2 cm³/mol. The Morgan fingerprint density at radius 2 is 1.91 bits per heavy atom. The van der Waals surface area contributed by atoms with Gasteiger partial charge in [-0.25, -0.2) is 0 Å². The molecule has 0 unspecified atom stereocenters. The molecule has 0 saturated carbocycles. The molecule has 110 valence electrons. The monoisotopic (exact) mass is 325 g/mol. The summed E-state index contributed by atoms with van der Waals surface area (Å²) in [5.74, 6) is 6.54. The van der Waals surface area contributed by atoms with E-state index >= 15 is 0 Å². The zero-order valence-electron chi connectivity index (χ0n) is 12.6. The Morgan fingerprint density at radius 1 is 1.09 bits per heavy atom. The number of hydrogen-bond acceptors (Lipinski definition) is 2. The third kappa shape index (κ3) is 3.39. The molecular formula is C19H16ClNS. The van der Waals surface area contributed by atoms with E-state index in [0.717, 1.165) is 22.7 Å². The molecule has 0 spiro atoms. The summed E-state index contributed by atoms with van der Waals surface area (Å²) >= 11 is 7.96. The number of rotatable bonds is 1. The van der Waals surface area contributed by atoms with E-state index in [2.05, 4.69) is 53.1 Å². The Labute approximate surface area is 141 Å². The molecule has 3 heteroatoms.